The molecule has 0 spiro atoms. The molecule has 2 heterocycles. The van der Waals surface area contributed by atoms with Gasteiger partial charge in [-0.2, -0.15) is 0 Å². The maximum Gasteiger partial charge on any atom is 0.311 e. The first-order chi connectivity index (χ1) is 11.0. The van der Waals surface area contributed by atoms with Crippen LogP contribution in [0.25, 0.3) is 0 Å². The van der Waals surface area contributed by atoms with Crippen LogP contribution in [0.4, 0.5) is 0 Å². The number of hydrogen-bond acceptors (Lipinski definition) is 4. The van der Waals surface area contributed by atoms with Crippen LogP contribution in [0.1, 0.15) is 65.2 Å². The first-order valence-corrected chi connectivity index (χ1v) is 9.65. The number of likely N-dealkylation sites (tertiary alicyclic amines) is 2. The molecule has 2 aliphatic rings. The highest BCUT2D eigenvalue weighted by Crippen LogP contribution is 2.34. The standard InChI is InChI=1S/C19H36N2O2/c1-4-5-6-7-16-23-18(22)19(2)10-14-21(15-11-19)17-8-12-20(3)13-9-17/h17H,4-16H2,1-3H3. The average molecular weight is 325 g/mol. The van der Waals surface area contributed by atoms with Crippen LogP contribution in [0.3, 0.4) is 0 Å². The van der Waals surface area contributed by atoms with Gasteiger partial charge in [-0.05, 0) is 72.3 Å². The summed E-state index contributed by atoms with van der Waals surface area (Å²) in [5.74, 6) is 0.0389. The third kappa shape index (κ3) is 5.46. The number of piperidine rings is 2. The lowest BCUT2D eigenvalue weighted by molar-refractivity contribution is -0.158. The van der Waals surface area contributed by atoms with Gasteiger partial charge in [0.2, 0.25) is 0 Å². The fraction of sp³-hybridized carbons (Fsp3) is 0.947. The molecule has 0 N–H and O–H groups in total. The predicted octanol–water partition coefficient (Wildman–Crippen LogP) is 3.31. The predicted molar refractivity (Wildman–Crippen MR) is 94.5 cm³/mol. The molecule has 0 aromatic heterocycles. The van der Waals surface area contributed by atoms with Crippen molar-refractivity contribution >= 4 is 5.97 Å². The minimum absolute atomic E-state index is 0.0389. The van der Waals surface area contributed by atoms with E-state index in [0.717, 1.165) is 38.4 Å². The maximum atomic E-state index is 12.4. The molecule has 134 valence electrons. The summed E-state index contributed by atoms with van der Waals surface area (Å²) in [5.41, 5.74) is -0.257. The minimum atomic E-state index is -0.257. The summed E-state index contributed by atoms with van der Waals surface area (Å²) in [5, 5.41) is 0. The Hall–Kier alpha value is -0.610. The summed E-state index contributed by atoms with van der Waals surface area (Å²) >= 11 is 0. The second kappa shape index (κ2) is 9.03. The average Bonchev–Trinajstić information content (AvgIpc) is 2.56. The summed E-state index contributed by atoms with van der Waals surface area (Å²) in [6, 6.07) is 0.723. The molecule has 2 fully saturated rings. The van der Waals surface area contributed by atoms with Gasteiger partial charge in [-0.15, -0.1) is 0 Å². The van der Waals surface area contributed by atoms with Gasteiger partial charge in [0.1, 0.15) is 0 Å². The number of rotatable bonds is 7. The lowest BCUT2D eigenvalue weighted by atomic mass is 9.79. The molecule has 2 saturated heterocycles. The number of unbranched alkanes of at least 4 members (excludes halogenated alkanes) is 3. The normalized spacial score (nSPS) is 23.8. The fourth-order valence-corrected chi connectivity index (χ4v) is 3.81. The molecular formula is C19H36N2O2. The van der Waals surface area contributed by atoms with Crippen molar-refractivity contribution in [3.63, 3.8) is 0 Å². The molecule has 0 saturated carbocycles. The molecule has 0 radical (unpaired) electrons. The van der Waals surface area contributed by atoms with Crippen LogP contribution in [-0.4, -0.2) is 61.6 Å². The highest BCUT2D eigenvalue weighted by atomic mass is 16.5. The van der Waals surface area contributed by atoms with Crippen LogP contribution in [0.5, 0.6) is 0 Å². The second-order valence-corrected chi connectivity index (χ2v) is 7.83. The van der Waals surface area contributed by atoms with Gasteiger partial charge in [-0.3, -0.25) is 4.79 Å². The summed E-state index contributed by atoms with van der Waals surface area (Å²) in [6.45, 7) is 9.42. The molecule has 0 bridgehead atoms. The molecule has 23 heavy (non-hydrogen) atoms. The number of hydrogen-bond donors (Lipinski definition) is 0. The lowest BCUT2D eigenvalue weighted by Crippen LogP contribution is -2.50. The zero-order valence-corrected chi connectivity index (χ0v) is 15.5. The van der Waals surface area contributed by atoms with Crippen LogP contribution in [0, 0.1) is 5.41 Å². The van der Waals surface area contributed by atoms with Crippen LogP contribution < -0.4 is 0 Å². The maximum absolute atomic E-state index is 12.4. The minimum Gasteiger partial charge on any atom is -0.465 e. The van der Waals surface area contributed by atoms with Gasteiger partial charge < -0.3 is 14.5 Å². The Kier molecular flexibility index (Phi) is 7.35. The van der Waals surface area contributed by atoms with Gasteiger partial charge in [0.05, 0.1) is 12.0 Å². The van der Waals surface area contributed by atoms with E-state index in [4.69, 9.17) is 4.74 Å². The highest BCUT2D eigenvalue weighted by Gasteiger charge is 2.39. The van der Waals surface area contributed by atoms with E-state index in [2.05, 4.69) is 30.7 Å². The van der Waals surface area contributed by atoms with Gasteiger partial charge in [0.15, 0.2) is 0 Å². The second-order valence-electron chi connectivity index (χ2n) is 7.83. The molecule has 2 aliphatic heterocycles. The van der Waals surface area contributed by atoms with Crippen LogP contribution in [0.2, 0.25) is 0 Å². The number of esters is 1. The van der Waals surface area contributed by atoms with Crippen molar-refractivity contribution in [3.05, 3.63) is 0 Å². The monoisotopic (exact) mass is 324 g/mol. The molecule has 0 aliphatic carbocycles. The van der Waals surface area contributed by atoms with E-state index in [1.165, 1.54) is 45.2 Å². The van der Waals surface area contributed by atoms with Gasteiger partial charge in [0, 0.05) is 6.04 Å². The van der Waals surface area contributed by atoms with Crippen molar-refractivity contribution in [2.75, 3.05) is 39.8 Å². The largest absolute Gasteiger partial charge is 0.465 e. The summed E-state index contributed by atoms with van der Waals surface area (Å²) < 4.78 is 5.56. The van der Waals surface area contributed by atoms with Crippen molar-refractivity contribution < 1.29 is 9.53 Å². The van der Waals surface area contributed by atoms with E-state index in [9.17, 15) is 4.79 Å². The lowest BCUT2D eigenvalue weighted by Gasteiger charge is -2.43. The van der Waals surface area contributed by atoms with Gasteiger partial charge in [-0.25, -0.2) is 0 Å². The SMILES string of the molecule is CCCCCCOC(=O)C1(C)CCN(C2CCN(C)CC2)CC1. The third-order valence-electron chi connectivity index (χ3n) is 5.83. The summed E-state index contributed by atoms with van der Waals surface area (Å²) in [4.78, 5) is 17.5. The molecular weight excluding hydrogens is 288 g/mol. The van der Waals surface area contributed by atoms with E-state index >= 15 is 0 Å². The van der Waals surface area contributed by atoms with Gasteiger partial charge >= 0.3 is 5.97 Å². The molecule has 0 aromatic carbocycles. The number of carbonyl (C=O) groups excluding carboxylic acids is 1. The highest BCUT2D eigenvalue weighted by molar-refractivity contribution is 5.76. The summed E-state index contributed by atoms with van der Waals surface area (Å²) in [6.07, 6.45) is 9.09. The Bertz CT molecular complexity index is 356. The first kappa shape index (κ1) is 18.7. The molecule has 4 nitrogen and oxygen atoms in total. The van der Waals surface area contributed by atoms with Crippen molar-refractivity contribution in [1.29, 1.82) is 0 Å². The van der Waals surface area contributed by atoms with E-state index < -0.39 is 0 Å². The van der Waals surface area contributed by atoms with Crippen molar-refractivity contribution in [1.82, 2.24) is 9.80 Å². The van der Waals surface area contributed by atoms with E-state index in [1.54, 1.807) is 0 Å². The smallest absolute Gasteiger partial charge is 0.311 e. The molecule has 4 heteroatoms. The first-order valence-electron chi connectivity index (χ1n) is 9.65. The zero-order chi connectivity index (χ0) is 16.7. The van der Waals surface area contributed by atoms with Crippen molar-refractivity contribution in [3.8, 4) is 0 Å². The third-order valence-corrected chi connectivity index (χ3v) is 5.83. The quantitative estimate of drug-likeness (QED) is 0.531. The Morgan fingerprint density at radius 3 is 2.35 bits per heavy atom. The van der Waals surface area contributed by atoms with Gasteiger partial charge in [-0.1, -0.05) is 26.2 Å². The summed E-state index contributed by atoms with van der Waals surface area (Å²) in [7, 11) is 2.21. The number of carbonyl (C=O) groups is 1. The van der Waals surface area contributed by atoms with Crippen molar-refractivity contribution in [2.45, 2.75) is 71.3 Å². The Balaban J connectivity index is 1.70. The number of ether oxygens (including phenoxy) is 1. The van der Waals surface area contributed by atoms with Crippen LogP contribution >= 0.6 is 0 Å². The van der Waals surface area contributed by atoms with Crippen molar-refractivity contribution in [2.24, 2.45) is 5.41 Å². The Morgan fingerprint density at radius 2 is 1.74 bits per heavy atom. The van der Waals surface area contributed by atoms with E-state index in [1.807, 2.05) is 0 Å². The number of nitrogens with zero attached hydrogens (tertiary/aromatic N) is 2. The molecule has 0 atom stereocenters. The Labute approximate surface area is 142 Å². The van der Waals surface area contributed by atoms with E-state index in [0.29, 0.717) is 6.61 Å². The van der Waals surface area contributed by atoms with Crippen LogP contribution in [0.15, 0.2) is 0 Å². The van der Waals surface area contributed by atoms with E-state index in [-0.39, 0.29) is 11.4 Å². The Morgan fingerprint density at radius 1 is 1.09 bits per heavy atom. The molecule has 0 aromatic rings. The molecule has 0 amide bonds. The molecule has 0 unspecified atom stereocenters. The van der Waals surface area contributed by atoms with Gasteiger partial charge in [0.25, 0.3) is 0 Å². The van der Waals surface area contributed by atoms with Crippen LogP contribution in [-0.2, 0) is 9.53 Å². The zero-order valence-electron chi connectivity index (χ0n) is 15.5. The topological polar surface area (TPSA) is 32.8 Å². The fourth-order valence-electron chi connectivity index (χ4n) is 3.81. The molecule has 2 rings (SSSR count).